The number of aryl methyl sites for hydroxylation is 1. The van der Waals surface area contributed by atoms with Crippen LogP contribution in [0.2, 0.25) is 0 Å². The number of hydrogen-bond acceptors (Lipinski definition) is 2. The monoisotopic (exact) mass is 325 g/mol. The lowest BCUT2D eigenvalue weighted by molar-refractivity contribution is -0.118. The van der Waals surface area contributed by atoms with Crippen LogP contribution >= 0.6 is 15.9 Å². The summed E-state index contributed by atoms with van der Waals surface area (Å²) in [6.07, 6.45) is 0.0666. The largest absolute Gasteiger partial charge is 0.369 e. The van der Waals surface area contributed by atoms with Crippen molar-refractivity contribution in [2.45, 2.75) is 39.4 Å². The smallest absolute Gasteiger partial charge is 0.255 e. The average Bonchev–Trinajstić information content (AvgIpc) is 2.25. The van der Waals surface area contributed by atoms with Crippen LogP contribution in [0.15, 0.2) is 22.7 Å². The Kier molecular flexibility index (Phi) is 4.02. The molecule has 0 radical (unpaired) electrons. The van der Waals surface area contributed by atoms with Crippen LogP contribution in [0.5, 0.6) is 0 Å². The van der Waals surface area contributed by atoms with Crippen molar-refractivity contribution in [2.24, 2.45) is 0 Å². The first-order valence-electron chi connectivity index (χ1n) is 6.52. The average molecular weight is 326 g/mol. The molecule has 2 rings (SSSR count). The van der Waals surface area contributed by atoms with Crippen molar-refractivity contribution in [3.05, 3.63) is 33.8 Å². The quantitative estimate of drug-likeness (QED) is 0.792. The van der Waals surface area contributed by atoms with Crippen molar-refractivity contribution in [1.29, 1.82) is 0 Å². The number of benzene rings is 1. The van der Waals surface area contributed by atoms with Gasteiger partial charge in [-0.25, -0.2) is 0 Å². The molecule has 1 fully saturated rings. The second-order valence-corrected chi connectivity index (χ2v) is 6.71. The summed E-state index contributed by atoms with van der Waals surface area (Å²) in [7, 11) is 0. The van der Waals surface area contributed by atoms with E-state index in [9.17, 15) is 4.79 Å². The lowest BCUT2D eigenvalue weighted by Gasteiger charge is -2.41. The molecular formula is C15H20BrNO2. The molecule has 1 aromatic carbocycles. The van der Waals surface area contributed by atoms with Gasteiger partial charge < -0.3 is 9.64 Å². The van der Waals surface area contributed by atoms with Crippen molar-refractivity contribution in [3.8, 4) is 0 Å². The lowest BCUT2D eigenvalue weighted by Crippen LogP contribution is -2.53. The minimum Gasteiger partial charge on any atom is -0.369 e. The Balaban J connectivity index is 2.24. The fourth-order valence-corrected chi connectivity index (χ4v) is 3.24. The fraction of sp³-hybridized carbons (Fsp3) is 0.533. The molecular weight excluding hydrogens is 306 g/mol. The van der Waals surface area contributed by atoms with E-state index in [1.807, 2.05) is 50.8 Å². The normalized spacial score (nSPS) is 22.4. The zero-order chi connectivity index (χ0) is 14.2. The summed E-state index contributed by atoms with van der Waals surface area (Å²) in [6.45, 7) is 9.32. The van der Waals surface area contributed by atoms with Crippen LogP contribution < -0.4 is 0 Å². The van der Waals surface area contributed by atoms with E-state index < -0.39 is 0 Å². The Hall–Kier alpha value is -0.870. The Labute approximate surface area is 123 Å². The molecule has 0 aliphatic carbocycles. The number of hydrogen-bond donors (Lipinski definition) is 0. The van der Waals surface area contributed by atoms with Gasteiger partial charge in [0.2, 0.25) is 0 Å². The van der Waals surface area contributed by atoms with E-state index in [4.69, 9.17) is 4.74 Å². The van der Waals surface area contributed by atoms with Crippen LogP contribution in [0.4, 0.5) is 0 Å². The van der Waals surface area contributed by atoms with Gasteiger partial charge >= 0.3 is 0 Å². The van der Waals surface area contributed by atoms with Gasteiger partial charge in [-0.05, 0) is 61.3 Å². The summed E-state index contributed by atoms with van der Waals surface area (Å²) in [6, 6.07) is 5.82. The van der Waals surface area contributed by atoms with E-state index in [0.29, 0.717) is 13.1 Å². The van der Waals surface area contributed by atoms with Crippen LogP contribution in [0, 0.1) is 6.92 Å². The highest BCUT2D eigenvalue weighted by Gasteiger charge is 2.34. The molecule has 104 valence electrons. The maximum Gasteiger partial charge on any atom is 0.255 e. The van der Waals surface area contributed by atoms with Gasteiger partial charge in [0, 0.05) is 17.6 Å². The number of ether oxygens (including phenoxy) is 1. The molecule has 4 heteroatoms. The number of halogens is 1. The van der Waals surface area contributed by atoms with Crippen LogP contribution in [0.3, 0.4) is 0 Å². The molecule has 0 bridgehead atoms. The number of rotatable bonds is 1. The maximum atomic E-state index is 12.6. The highest BCUT2D eigenvalue weighted by atomic mass is 79.9. The van der Waals surface area contributed by atoms with Gasteiger partial charge in [-0.1, -0.05) is 6.07 Å². The number of amides is 1. The van der Waals surface area contributed by atoms with Gasteiger partial charge in [-0.2, -0.15) is 0 Å². The Morgan fingerprint density at radius 3 is 2.74 bits per heavy atom. The van der Waals surface area contributed by atoms with Gasteiger partial charge in [-0.3, -0.25) is 4.79 Å². The van der Waals surface area contributed by atoms with Crippen LogP contribution in [-0.4, -0.2) is 35.6 Å². The second-order valence-electron chi connectivity index (χ2n) is 5.86. The van der Waals surface area contributed by atoms with Crippen molar-refractivity contribution < 1.29 is 9.53 Å². The van der Waals surface area contributed by atoms with Gasteiger partial charge in [0.05, 0.1) is 17.3 Å². The molecule has 3 nitrogen and oxygen atoms in total. The summed E-state index contributed by atoms with van der Waals surface area (Å²) in [5.41, 5.74) is 1.57. The first-order valence-corrected chi connectivity index (χ1v) is 7.31. The minimum atomic E-state index is -0.287. The zero-order valence-corrected chi connectivity index (χ0v) is 13.5. The van der Waals surface area contributed by atoms with Gasteiger partial charge in [0.1, 0.15) is 0 Å². The summed E-state index contributed by atoms with van der Waals surface area (Å²) in [5, 5.41) is 0. The fourth-order valence-electron chi connectivity index (χ4n) is 2.57. The SMILES string of the molecule is Cc1ccc(C(=O)N2CC(C)OC(C)(C)C2)c(Br)c1. The van der Waals surface area contributed by atoms with E-state index in [1.54, 1.807) is 0 Å². The summed E-state index contributed by atoms with van der Waals surface area (Å²) < 4.78 is 6.69. The topological polar surface area (TPSA) is 29.5 Å². The van der Waals surface area contributed by atoms with E-state index in [0.717, 1.165) is 15.6 Å². The Morgan fingerprint density at radius 2 is 2.16 bits per heavy atom. The first kappa shape index (κ1) is 14.5. The first-order chi connectivity index (χ1) is 8.78. The van der Waals surface area contributed by atoms with Gasteiger partial charge in [0.15, 0.2) is 0 Å². The highest BCUT2D eigenvalue weighted by molar-refractivity contribution is 9.10. The van der Waals surface area contributed by atoms with E-state index in [-0.39, 0.29) is 17.6 Å². The third-order valence-electron chi connectivity index (χ3n) is 3.21. The van der Waals surface area contributed by atoms with Gasteiger partial charge in [0.25, 0.3) is 5.91 Å². The molecule has 0 N–H and O–H groups in total. The second kappa shape index (κ2) is 5.25. The molecule has 0 spiro atoms. The lowest BCUT2D eigenvalue weighted by atomic mass is 10.0. The van der Waals surface area contributed by atoms with E-state index in [1.165, 1.54) is 0 Å². The van der Waals surface area contributed by atoms with Crippen LogP contribution in [0.1, 0.15) is 36.7 Å². The predicted octanol–water partition coefficient (Wildman–Crippen LogP) is 3.40. The molecule has 1 unspecified atom stereocenters. The molecule has 1 heterocycles. The molecule has 1 amide bonds. The predicted molar refractivity (Wildman–Crippen MR) is 79.4 cm³/mol. The van der Waals surface area contributed by atoms with Gasteiger partial charge in [-0.15, -0.1) is 0 Å². The zero-order valence-electron chi connectivity index (χ0n) is 11.9. The van der Waals surface area contributed by atoms with Crippen LogP contribution in [0.25, 0.3) is 0 Å². The van der Waals surface area contributed by atoms with E-state index >= 15 is 0 Å². The summed E-state index contributed by atoms with van der Waals surface area (Å²) in [4.78, 5) is 14.5. The minimum absolute atomic E-state index is 0.0649. The Bertz CT molecular complexity index is 499. The molecule has 0 saturated carbocycles. The number of carbonyl (C=O) groups is 1. The van der Waals surface area contributed by atoms with E-state index in [2.05, 4.69) is 15.9 Å². The molecule has 1 aliphatic rings. The molecule has 19 heavy (non-hydrogen) atoms. The van der Waals surface area contributed by atoms with Crippen molar-refractivity contribution in [3.63, 3.8) is 0 Å². The maximum absolute atomic E-state index is 12.6. The molecule has 1 atom stereocenters. The van der Waals surface area contributed by atoms with Crippen LogP contribution in [-0.2, 0) is 4.74 Å². The number of morpholine rings is 1. The highest BCUT2D eigenvalue weighted by Crippen LogP contribution is 2.25. The van der Waals surface area contributed by atoms with Crippen molar-refractivity contribution in [1.82, 2.24) is 4.90 Å². The molecule has 1 aromatic rings. The molecule has 0 aromatic heterocycles. The van der Waals surface area contributed by atoms with Crippen molar-refractivity contribution >= 4 is 21.8 Å². The third-order valence-corrected chi connectivity index (χ3v) is 3.87. The standard InChI is InChI=1S/C15H20BrNO2/c1-10-5-6-12(13(16)7-10)14(18)17-8-11(2)19-15(3,4)9-17/h5-7,11H,8-9H2,1-4H3. The Morgan fingerprint density at radius 1 is 1.47 bits per heavy atom. The third kappa shape index (κ3) is 3.37. The molecule has 1 aliphatic heterocycles. The summed E-state index contributed by atoms with van der Waals surface area (Å²) >= 11 is 3.48. The molecule has 1 saturated heterocycles. The van der Waals surface area contributed by atoms with Crippen molar-refractivity contribution in [2.75, 3.05) is 13.1 Å². The number of carbonyl (C=O) groups excluding carboxylic acids is 1. The summed E-state index contributed by atoms with van der Waals surface area (Å²) in [5.74, 6) is 0.0649. The number of nitrogens with zero attached hydrogens (tertiary/aromatic N) is 1.